The van der Waals surface area contributed by atoms with Crippen LogP contribution in [0.3, 0.4) is 0 Å². The van der Waals surface area contributed by atoms with Crippen LogP contribution in [0.25, 0.3) is 0 Å². The van der Waals surface area contributed by atoms with E-state index < -0.39 is 0 Å². The van der Waals surface area contributed by atoms with E-state index in [9.17, 15) is 0 Å². The van der Waals surface area contributed by atoms with E-state index >= 15 is 0 Å². The predicted octanol–water partition coefficient (Wildman–Crippen LogP) is 0.531. The first-order valence-corrected chi connectivity index (χ1v) is 2.23. The highest BCUT2D eigenvalue weighted by molar-refractivity contribution is 7.92. The molecule has 36 valence electrons. The van der Waals surface area contributed by atoms with Crippen molar-refractivity contribution in [2.45, 2.75) is 6.92 Å². The first-order chi connectivity index (χ1) is 2.91. The van der Waals surface area contributed by atoms with Crippen molar-refractivity contribution in [1.29, 1.82) is 0 Å². The zero-order chi connectivity index (χ0) is 4.83. The van der Waals surface area contributed by atoms with Gasteiger partial charge in [-0.3, -0.25) is 0 Å². The summed E-state index contributed by atoms with van der Waals surface area (Å²) in [6, 6.07) is 0. The fourth-order valence-corrected chi connectivity index (χ4v) is 0.204. The Labute approximate surface area is 40.9 Å². The summed E-state index contributed by atoms with van der Waals surface area (Å²) in [4.78, 5) is 0. The smallest absolute Gasteiger partial charge is 0.173 e. The molecular weight excluding hydrogens is 100 g/mol. The molecule has 0 aliphatic heterocycles. The second kappa shape index (κ2) is 4.78. The Bertz CT molecular complexity index is 46.8. The van der Waals surface area contributed by atoms with Gasteiger partial charge in [0, 0.05) is 6.21 Å². The summed E-state index contributed by atoms with van der Waals surface area (Å²) in [7, 11) is 0. The molecular formula is C2H6N2OS. The van der Waals surface area contributed by atoms with E-state index in [0.29, 0.717) is 0 Å². The van der Waals surface area contributed by atoms with Gasteiger partial charge >= 0.3 is 0 Å². The molecule has 0 atom stereocenters. The van der Waals surface area contributed by atoms with Gasteiger partial charge in [0.15, 0.2) is 12.2 Å². The van der Waals surface area contributed by atoms with Gasteiger partial charge < -0.3 is 4.28 Å². The summed E-state index contributed by atoms with van der Waals surface area (Å²) < 4.78 is 4.25. The molecule has 0 aromatic rings. The highest BCUT2D eigenvalue weighted by atomic mass is 32.2. The van der Waals surface area contributed by atoms with E-state index in [4.69, 9.17) is 5.14 Å². The van der Waals surface area contributed by atoms with Crippen LogP contribution >= 0.6 is 12.2 Å². The van der Waals surface area contributed by atoms with Crippen LogP contribution in [0.15, 0.2) is 5.16 Å². The van der Waals surface area contributed by atoms with Crippen molar-refractivity contribution in [2.75, 3.05) is 0 Å². The number of nitrogens with zero attached hydrogens (tertiary/aromatic N) is 1. The summed E-state index contributed by atoms with van der Waals surface area (Å²) >= 11 is 0.728. The van der Waals surface area contributed by atoms with Crippen molar-refractivity contribution in [3.8, 4) is 0 Å². The first kappa shape index (κ1) is 5.78. The van der Waals surface area contributed by atoms with Crippen LogP contribution in [0, 0.1) is 0 Å². The summed E-state index contributed by atoms with van der Waals surface area (Å²) in [5, 5.41) is 8.10. The van der Waals surface area contributed by atoms with Crippen molar-refractivity contribution in [3.63, 3.8) is 0 Å². The number of oxime groups is 1. The normalized spacial score (nSPS) is 9.67. The van der Waals surface area contributed by atoms with Crippen LogP contribution in [0.2, 0.25) is 0 Å². The largest absolute Gasteiger partial charge is 0.306 e. The Morgan fingerprint density at radius 3 is 2.83 bits per heavy atom. The van der Waals surface area contributed by atoms with Gasteiger partial charge in [0.05, 0.1) is 0 Å². The molecule has 0 heterocycles. The summed E-state index contributed by atoms with van der Waals surface area (Å²) in [5.74, 6) is 0. The predicted molar refractivity (Wildman–Crippen MR) is 27.0 cm³/mol. The molecule has 0 amide bonds. The van der Waals surface area contributed by atoms with Gasteiger partial charge in [0.2, 0.25) is 0 Å². The number of nitrogens with two attached hydrogens (primary N) is 1. The zero-order valence-electron chi connectivity index (χ0n) is 3.42. The van der Waals surface area contributed by atoms with Gasteiger partial charge in [-0.15, -0.1) is 0 Å². The lowest BCUT2D eigenvalue weighted by Gasteiger charge is -1.80. The molecule has 0 aromatic carbocycles. The minimum Gasteiger partial charge on any atom is -0.306 e. The van der Waals surface area contributed by atoms with Gasteiger partial charge in [-0.1, -0.05) is 5.16 Å². The topological polar surface area (TPSA) is 47.6 Å². The van der Waals surface area contributed by atoms with Crippen LogP contribution in [0.4, 0.5) is 0 Å². The third kappa shape index (κ3) is 3.78. The van der Waals surface area contributed by atoms with Crippen molar-refractivity contribution >= 4 is 18.4 Å². The Kier molecular flexibility index (Phi) is 4.60. The van der Waals surface area contributed by atoms with Crippen LogP contribution in [-0.2, 0) is 4.28 Å². The molecule has 2 N–H and O–H groups in total. The molecule has 0 saturated carbocycles. The Hall–Kier alpha value is -0.220. The van der Waals surface area contributed by atoms with Crippen molar-refractivity contribution in [3.05, 3.63) is 0 Å². The molecule has 6 heavy (non-hydrogen) atoms. The van der Waals surface area contributed by atoms with E-state index in [1.807, 2.05) is 0 Å². The van der Waals surface area contributed by atoms with Crippen molar-refractivity contribution < 1.29 is 4.28 Å². The lowest BCUT2D eigenvalue weighted by molar-refractivity contribution is 0.408. The maximum Gasteiger partial charge on any atom is 0.173 e. The average molecular weight is 106 g/mol. The highest BCUT2D eigenvalue weighted by Gasteiger charge is 1.63. The van der Waals surface area contributed by atoms with E-state index in [1.54, 1.807) is 6.92 Å². The Morgan fingerprint density at radius 2 is 2.67 bits per heavy atom. The van der Waals surface area contributed by atoms with E-state index in [-0.39, 0.29) is 0 Å². The monoisotopic (exact) mass is 106 g/mol. The third-order valence-corrected chi connectivity index (χ3v) is 0.364. The second-order valence-electron chi connectivity index (χ2n) is 0.534. The van der Waals surface area contributed by atoms with Gasteiger partial charge in [0.1, 0.15) is 0 Å². The maximum atomic E-state index is 4.80. The number of hydrogen-bond acceptors (Lipinski definition) is 4. The van der Waals surface area contributed by atoms with Crippen LogP contribution in [0.5, 0.6) is 0 Å². The average Bonchev–Trinajstić information content (AvgIpc) is 1.61. The van der Waals surface area contributed by atoms with Crippen molar-refractivity contribution in [1.82, 2.24) is 0 Å². The van der Waals surface area contributed by atoms with E-state index in [1.165, 1.54) is 6.21 Å². The molecule has 0 aromatic heterocycles. The Morgan fingerprint density at radius 1 is 2.00 bits per heavy atom. The summed E-state index contributed by atoms with van der Waals surface area (Å²) in [6.07, 6.45) is 1.51. The number of rotatable bonds is 2. The van der Waals surface area contributed by atoms with Crippen LogP contribution < -0.4 is 5.14 Å². The molecule has 4 heteroatoms. The fraction of sp³-hybridized carbons (Fsp3) is 0.500. The first-order valence-electron chi connectivity index (χ1n) is 1.42. The second-order valence-corrected chi connectivity index (χ2v) is 0.876. The molecule has 0 spiro atoms. The summed E-state index contributed by atoms with van der Waals surface area (Å²) in [6.45, 7) is 1.75. The van der Waals surface area contributed by atoms with Gasteiger partial charge in [-0.2, -0.15) is 0 Å². The lowest BCUT2D eigenvalue weighted by atomic mass is 10.9. The van der Waals surface area contributed by atoms with Crippen molar-refractivity contribution in [2.24, 2.45) is 10.3 Å². The molecule has 0 unspecified atom stereocenters. The molecule has 0 rings (SSSR count). The quantitative estimate of drug-likeness (QED) is 0.242. The van der Waals surface area contributed by atoms with E-state index in [0.717, 1.165) is 12.2 Å². The SMILES string of the molecule is C/C=N/OSN. The summed E-state index contributed by atoms with van der Waals surface area (Å²) in [5.41, 5.74) is 0. The molecule has 0 aliphatic carbocycles. The fourth-order valence-electron chi connectivity index (χ4n) is 0.0679. The molecule has 0 aliphatic rings. The maximum absolute atomic E-state index is 4.80. The molecule has 0 radical (unpaired) electrons. The minimum absolute atomic E-state index is 0.728. The zero-order valence-corrected chi connectivity index (χ0v) is 4.23. The van der Waals surface area contributed by atoms with Crippen LogP contribution in [-0.4, -0.2) is 6.21 Å². The van der Waals surface area contributed by atoms with Crippen LogP contribution in [0.1, 0.15) is 6.92 Å². The molecule has 0 bridgehead atoms. The highest BCUT2D eigenvalue weighted by Crippen LogP contribution is 1.85. The minimum atomic E-state index is 0.728. The van der Waals surface area contributed by atoms with Gasteiger partial charge in [-0.25, -0.2) is 5.14 Å². The Balaban J connectivity index is 2.66. The van der Waals surface area contributed by atoms with E-state index in [2.05, 4.69) is 9.44 Å². The standard InChI is InChI=1S/C2H6N2OS/c1-2-4-5-6-3/h2H,3H2,1H3/b4-2+. The molecule has 0 saturated heterocycles. The molecule has 3 nitrogen and oxygen atoms in total. The number of hydrogen-bond donors (Lipinski definition) is 1. The lowest BCUT2D eigenvalue weighted by Crippen LogP contribution is -1.75. The van der Waals surface area contributed by atoms with Gasteiger partial charge in [-0.05, 0) is 6.92 Å². The molecule has 0 fully saturated rings. The third-order valence-electron chi connectivity index (χ3n) is 0.191. The van der Waals surface area contributed by atoms with Gasteiger partial charge in [0.25, 0.3) is 0 Å².